The van der Waals surface area contributed by atoms with E-state index in [9.17, 15) is 0 Å². The van der Waals surface area contributed by atoms with Gasteiger partial charge in [0.25, 0.3) is 0 Å². The van der Waals surface area contributed by atoms with E-state index < -0.39 is 0 Å². The first-order valence-electron chi connectivity index (χ1n) is 7.98. The molecule has 3 heteroatoms. The van der Waals surface area contributed by atoms with Crippen LogP contribution in [-0.2, 0) is 13.0 Å². The average Bonchev–Trinajstić information content (AvgIpc) is 3.17. The number of hydrogen-bond donors (Lipinski definition) is 1. The van der Waals surface area contributed by atoms with Crippen LogP contribution in [0.15, 0.2) is 0 Å². The van der Waals surface area contributed by atoms with Gasteiger partial charge in [0.05, 0.1) is 5.69 Å². The topological polar surface area (TPSA) is 29.9 Å². The molecule has 0 aromatic carbocycles. The highest BCUT2D eigenvalue weighted by atomic mass is 15.3. The van der Waals surface area contributed by atoms with Gasteiger partial charge < -0.3 is 5.32 Å². The summed E-state index contributed by atoms with van der Waals surface area (Å²) in [7, 11) is 0. The van der Waals surface area contributed by atoms with Crippen LogP contribution < -0.4 is 5.32 Å². The molecule has 1 heterocycles. The largest absolute Gasteiger partial charge is 0.314 e. The van der Waals surface area contributed by atoms with Crippen LogP contribution >= 0.6 is 0 Å². The minimum Gasteiger partial charge on any atom is -0.314 e. The Hall–Kier alpha value is -0.830. The molecule has 0 radical (unpaired) electrons. The molecule has 2 rings (SSSR count). The third-order valence-corrected chi connectivity index (χ3v) is 4.14. The Morgan fingerprint density at radius 3 is 2.68 bits per heavy atom. The van der Waals surface area contributed by atoms with Gasteiger partial charge in [-0.25, -0.2) is 0 Å². The number of aryl methyl sites for hydroxylation is 2. The number of hydrogen-bond acceptors (Lipinski definition) is 2. The molecule has 0 amide bonds. The van der Waals surface area contributed by atoms with E-state index in [0.717, 1.165) is 25.6 Å². The Balaban J connectivity index is 1.82. The highest BCUT2D eigenvalue weighted by molar-refractivity contribution is 5.24. The monoisotopic (exact) mass is 263 g/mol. The Bertz CT molecular complexity index is 391. The van der Waals surface area contributed by atoms with Crippen LogP contribution in [0.4, 0.5) is 0 Å². The lowest BCUT2D eigenvalue weighted by molar-refractivity contribution is 0.529. The van der Waals surface area contributed by atoms with Crippen molar-refractivity contribution in [3.05, 3.63) is 17.0 Å². The third kappa shape index (κ3) is 4.34. The summed E-state index contributed by atoms with van der Waals surface area (Å²) in [5, 5.41) is 8.30. The molecule has 108 valence electrons. The van der Waals surface area contributed by atoms with Gasteiger partial charge in [-0.2, -0.15) is 5.10 Å². The number of unbranched alkanes of at least 4 members (excludes halogenated alkanes) is 3. The highest BCUT2D eigenvalue weighted by Crippen LogP contribution is 2.19. The summed E-state index contributed by atoms with van der Waals surface area (Å²) < 4.78 is 2.22. The molecule has 0 atom stereocenters. The van der Waals surface area contributed by atoms with Crippen molar-refractivity contribution in [3.63, 3.8) is 0 Å². The minimum absolute atomic E-state index is 0.810. The SMILES string of the molecule is CCCCCCn1nc(C)c(CCNC2CC2)c1C. The van der Waals surface area contributed by atoms with Crippen molar-refractivity contribution in [2.75, 3.05) is 6.54 Å². The molecule has 0 spiro atoms. The van der Waals surface area contributed by atoms with Crippen LogP contribution in [0, 0.1) is 13.8 Å². The van der Waals surface area contributed by atoms with Gasteiger partial charge in [-0.1, -0.05) is 26.2 Å². The second kappa shape index (κ2) is 7.09. The van der Waals surface area contributed by atoms with E-state index in [1.807, 2.05) is 0 Å². The van der Waals surface area contributed by atoms with Crippen molar-refractivity contribution in [1.29, 1.82) is 0 Å². The summed E-state index contributed by atoms with van der Waals surface area (Å²) >= 11 is 0. The molecular weight excluding hydrogens is 234 g/mol. The fraction of sp³-hybridized carbons (Fsp3) is 0.812. The molecule has 19 heavy (non-hydrogen) atoms. The van der Waals surface area contributed by atoms with E-state index in [0.29, 0.717) is 0 Å². The molecule has 1 aromatic heterocycles. The lowest BCUT2D eigenvalue weighted by Gasteiger charge is -2.06. The third-order valence-electron chi connectivity index (χ3n) is 4.14. The van der Waals surface area contributed by atoms with E-state index in [-0.39, 0.29) is 0 Å². The molecule has 1 aliphatic rings. The lowest BCUT2D eigenvalue weighted by Crippen LogP contribution is -2.19. The van der Waals surface area contributed by atoms with Crippen molar-refractivity contribution in [1.82, 2.24) is 15.1 Å². The van der Waals surface area contributed by atoms with Gasteiger partial charge in [0, 0.05) is 18.3 Å². The van der Waals surface area contributed by atoms with Gasteiger partial charge >= 0.3 is 0 Å². The van der Waals surface area contributed by atoms with Crippen molar-refractivity contribution in [2.24, 2.45) is 0 Å². The van der Waals surface area contributed by atoms with E-state index in [4.69, 9.17) is 5.10 Å². The zero-order valence-corrected chi connectivity index (χ0v) is 12.8. The first-order valence-corrected chi connectivity index (χ1v) is 7.98. The normalized spacial score (nSPS) is 15.1. The minimum atomic E-state index is 0.810. The van der Waals surface area contributed by atoms with Gasteiger partial charge in [-0.15, -0.1) is 0 Å². The summed E-state index contributed by atoms with van der Waals surface area (Å²) in [6.45, 7) is 8.83. The van der Waals surface area contributed by atoms with Crippen LogP contribution in [0.5, 0.6) is 0 Å². The summed E-state index contributed by atoms with van der Waals surface area (Å²) in [5.41, 5.74) is 4.07. The fourth-order valence-corrected chi connectivity index (χ4v) is 2.69. The maximum absolute atomic E-state index is 4.71. The van der Waals surface area contributed by atoms with E-state index in [2.05, 4.69) is 30.8 Å². The van der Waals surface area contributed by atoms with Gasteiger partial charge in [-0.3, -0.25) is 4.68 Å². The summed E-state index contributed by atoms with van der Waals surface area (Å²) in [5.74, 6) is 0. The molecule has 1 fully saturated rings. The molecule has 0 aliphatic heterocycles. The van der Waals surface area contributed by atoms with E-state index >= 15 is 0 Å². The zero-order valence-electron chi connectivity index (χ0n) is 12.8. The molecule has 1 aromatic rings. The smallest absolute Gasteiger partial charge is 0.0628 e. The molecule has 3 nitrogen and oxygen atoms in total. The van der Waals surface area contributed by atoms with Gasteiger partial charge in [-0.05, 0) is 51.6 Å². The summed E-state index contributed by atoms with van der Waals surface area (Å²) in [6.07, 6.45) is 9.10. The summed E-state index contributed by atoms with van der Waals surface area (Å²) in [6, 6.07) is 0.810. The molecule has 0 saturated heterocycles. The van der Waals surface area contributed by atoms with Crippen molar-refractivity contribution in [2.45, 2.75) is 78.3 Å². The van der Waals surface area contributed by atoms with Crippen molar-refractivity contribution < 1.29 is 0 Å². The molecule has 1 N–H and O–H groups in total. The predicted molar refractivity (Wildman–Crippen MR) is 80.6 cm³/mol. The molecular formula is C16H29N3. The van der Waals surface area contributed by atoms with Crippen LogP contribution in [0.1, 0.15) is 62.4 Å². The van der Waals surface area contributed by atoms with Crippen LogP contribution in [0.3, 0.4) is 0 Å². The van der Waals surface area contributed by atoms with Gasteiger partial charge in [0.2, 0.25) is 0 Å². The van der Waals surface area contributed by atoms with E-state index in [1.165, 1.54) is 55.5 Å². The first kappa shape index (κ1) is 14.6. The number of rotatable bonds is 9. The molecule has 1 saturated carbocycles. The Morgan fingerprint density at radius 2 is 2.00 bits per heavy atom. The van der Waals surface area contributed by atoms with E-state index in [1.54, 1.807) is 0 Å². The van der Waals surface area contributed by atoms with Crippen LogP contribution in [0.2, 0.25) is 0 Å². The van der Waals surface area contributed by atoms with Crippen molar-refractivity contribution >= 4 is 0 Å². The maximum Gasteiger partial charge on any atom is 0.0628 e. The first-order chi connectivity index (χ1) is 9.22. The maximum atomic E-state index is 4.71. The summed E-state index contributed by atoms with van der Waals surface area (Å²) in [4.78, 5) is 0. The van der Waals surface area contributed by atoms with Crippen molar-refractivity contribution in [3.8, 4) is 0 Å². The predicted octanol–water partition coefficient (Wildman–Crippen LogP) is 3.37. The molecule has 0 unspecified atom stereocenters. The second-order valence-corrected chi connectivity index (χ2v) is 5.91. The highest BCUT2D eigenvalue weighted by Gasteiger charge is 2.20. The van der Waals surface area contributed by atoms with Gasteiger partial charge in [0.15, 0.2) is 0 Å². The molecule has 0 bridgehead atoms. The Morgan fingerprint density at radius 1 is 1.21 bits per heavy atom. The van der Waals surface area contributed by atoms with Crippen LogP contribution in [-0.4, -0.2) is 22.4 Å². The number of nitrogens with zero attached hydrogens (tertiary/aromatic N) is 2. The number of nitrogens with one attached hydrogen (secondary N) is 1. The fourth-order valence-electron chi connectivity index (χ4n) is 2.69. The Kier molecular flexibility index (Phi) is 5.44. The molecule has 1 aliphatic carbocycles. The quantitative estimate of drug-likeness (QED) is 0.692. The average molecular weight is 263 g/mol. The second-order valence-electron chi connectivity index (χ2n) is 5.91. The Labute approximate surface area is 117 Å². The van der Waals surface area contributed by atoms with Gasteiger partial charge in [0.1, 0.15) is 0 Å². The zero-order chi connectivity index (χ0) is 13.7. The van der Waals surface area contributed by atoms with Crippen LogP contribution in [0.25, 0.3) is 0 Å². The number of aromatic nitrogens is 2. The standard InChI is InChI=1S/C16H29N3/c1-4-5-6-7-12-19-14(3)16(13(2)18-19)10-11-17-15-8-9-15/h15,17H,4-12H2,1-3H3. The lowest BCUT2D eigenvalue weighted by atomic mass is 10.1.